The van der Waals surface area contributed by atoms with Gasteiger partial charge < -0.3 is 9.84 Å². The SMILES string of the molecule is COc1cccc(C2(O)CCCC2(C)C)c1F. The van der Waals surface area contributed by atoms with Crippen LogP contribution >= 0.6 is 0 Å². The number of benzene rings is 1. The van der Waals surface area contributed by atoms with Crippen molar-refractivity contribution in [1.29, 1.82) is 0 Å². The Morgan fingerprint density at radius 2 is 2.00 bits per heavy atom. The topological polar surface area (TPSA) is 29.5 Å². The molecule has 0 aromatic heterocycles. The molecule has 0 heterocycles. The lowest BCUT2D eigenvalue weighted by molar-refractivity contribution is -0.0514. The van der Waals surface area contributed by atoms with E-state index in [1.165, 1.54) is 7.11 Å². The van der Waals surface area contributed by atoms with Crippen LogP contribution in [-0.4, -0.2) is 12.2 Å². The van der Waals surface area contributed by atoms with Gasteiger partial charge in [0.2, 0.25) is 0 Å². The molecule has 1 aliphatic rings. The summed E-state index contributed by atoms with van der Waals surface area (Å²) in [5.74, 6) is -0.244. The summed E-state index contributed by atoms with van der Waals surface area (Å²) in [7, 11) is 1.44. The highest BCUT2D eigenvalue weighted by molar-refractivity contribution is 5.36. The molecule has 0 spiro atoms. The van der Waals surface area contributed by atoms with E-state index in [-0.39, 0.29) is 11.2 Å². The van der Waals surface area contributed by atoms with Gasteiger partial charge in [-0.15, -0.1) is 0 Å². The minimum atomic E-state index is -1.09. The molecule has 3 heteroatoms. The Morgan fingerprint density at radius 1 is 1.29 bits per heavy atom. The van der Waals surface area contributed by atoms with Crippen LogP contribution in [0.15, 0.2) is 18.2 Å². The summed E-state index contributed by atoms with van der Waals surface area (Å²) in [6.07, 6.45) is 2.42. The Hall–Kier alpha value is -1.09. The van der Waals surface area contributed by atoms with Gasteiger partial charge in [-0.3, -0.25) is 0 Å². The molecule has 1 aromatic rings. The van der Waals surface area contributed by atoms with Crippen LogP contribution in [0.2, 0.25) is 0 Å². The first-order chi connectivity index (χ1) is 7.92. The maximum Gasteiger partial charge on any atom is 0.171 e. The molecule has 1 atom stereocenters. The minimum absolute atomic E-state index is 0.193. The highest BCUT2D eigenvalue weighted by Gasteiger charge is 2.50. The monoisotopic (exact) mass is 238 g/mol. The normalized spacial score (nSPS) is 27.1. The fourth-order valence-electron chi connectivity index (χ4n) is 2.82. The standard InChI is InChI=1S/C14H19FO2/c1-13(2)8-5-9-14(13,16)10-6-4-7-11(17-3)12(10)15/h4,6-7,16H,5,8-9H2,1-3H3. The maximum absolute atomic E-state index is 14.2. The van der Waals surface area contributed by atoms with Crippen LogP contribution in [0.3, 0.4) is 0 Å². The molecule has 1 aliphatic carbocycles. The van der Waals surface area contributed by atoms with Crippen LogP contribution in [0.4, 0.5) is 4.39 Å². The van der Waals surface area contributed by atoms with Crippen LogP contribution in [-0.2, 0) is 5.60 Å². The van der Waals surface area contributed by atoms with Crippen LogP contribution in [0.1, 0.15) is 38.7 Å². The van der Waals surface area contributed by atoms with E-state index in [1.54, 1.807) is 18.2 Å². The minimum Gasteiger partial charge on any atom is -0.494 e. The van der Waals surface area contributed by atoms with Crippen molar-refractivity contribution in [1.82, 2.24) is 0 Å². The number of halogens is 1. The summed E-state index contributed by atoms with van der Waals surface area (Å²) < 4.78 is 19.2. The van der Waals surface area contributed by atoms with Gasteiger partial charge in [0.1, 0.15) is 0 Å². The van der Waals surface area contributed by atoms with Crippen LogP contribution in [0, 0.1) is 11.2 Å². The van der Waals surface area contributed by atoms with Gasteiger partial charge in [0.05, 0.1) is 12.7 Å². The molecule has 1 unspecified atom stereocenters. The lowest BCUT2D eigenvalue weighted by atomic mass is 9.73. The zero-order valence-electron chi connectivity index (χ0n) is 10.6. The molecule has 0 aliphatic heterocycles. The lowest BCUT2D eigenvalue weighted by Crippen LogP contribution is -2.37. The predicted molar refractivity (Wildman–Crippen MR) is 64.5 cm³/mol. The number of aliphatic hydroxyl groups is 1. The van der Waals surface area contributed by atoms with Gasteiger partial charge in [0.25, 0.3) is 0 Å². The quantitative estimate of drug-likeness (QED) is 0.857. The summed E-state index contributed by atoms with van der Waals surface area (Å²) >= 11 is 0. The van der Waals surface area contributed by atoms with Gasteiger partial charge in [0, 0.05) is 5.56 Å². The van der Waals surface area contributed by atoms with Crippen molar-refractivity contribution in [3.8, 4) is 5.75 Å². The highest BCUT2D eigenvalue weighted by Crippen LogP contribution is 2.53. The second kappa shape index (κ2) is 3.98. The summed E-state index contributed by atoms with van der Waals surface area (Å²) in [5, 5.41) is 10.8. The van der Waals surface area contributed by atoms with E-state index >= 15 is 0 Å². The fourth-order valence-corrected chi connectivity index (χ4v) is 2.82. The van der Waals surface area contributed by atoms with Gasteiger partial charge in [-0.1, -0.05) is 26.0 Å². The Labute approximate surface area is 101 Å². The molecule has 17 heavy (non-hydrogen) atoms. The molecular formula is C14H19FO2. The molecule has 0 saturated heterocycles. The first-order valence-corrected chi connectivity index (χ1v) is 5.98. The molecule has 0 amide bonds. The molecule has 0 radical (unpaired) electrons. The average molecular weight is 238 g/mol. The van der Waals surface area contributed by atoms with E-state index in [9.17, 15) is 9.50 Å². The second-order valence-electron chi connectivity index (χ2n) is 5.42. The first kappa shape index (κ1) is 12.4. The summed E-state index contributed by atoms with van der Waals surface area (Å²) in [6.45, 7) is 3.97. The smallest absolute Gasteiger partial charge is 0.171 e. The van der Waals surface area contributed by atoms with Crippen molar-refractivity contribution >= 4 is 0 Å². The van der Waals surface area contributed by atoms with Gasteiger partial charge >= 0.3 is 0 Å². The number of rotatable bonds is 2. The molecule has 94 valence electrons. The largest absolute Gasteiger partial charge is 0.494 e. The maximum atomic E-state index is 14.2. The molecule has 2 nitrogen and oxygen atoms in total. The Kier molecular flexibility index (Phi) is 2.90. The molecule has 1 saturated carbocycles. The third kappa shape index (κ3) is 1.73. The van der Waals surface area contributed by atoms with E-state index in [0.717, 1.165) is 12.8 Å². The number of hydrogen-bond donors (Lipinski definition) is 1. The number of methoxy groups -OCH3 is 1. The molecule has 0 bridgehead atoms. The first-order valence-electron chi connectivity index (χ1n) is 5.98. The predicted octanol–water partition coefficient (Wildman–Crippen LogP) is 3.23. The molecule has 2 rings (SSSR count). The van der Waals surface area contributed by atoms with Crippen LogP contribution in [0.5, 0.6) is 5.75 Å². The van der Waals surface area contributed by atoms with Crippen LogP contribution in [0.25, 0.3) is 0 Å². The molecule has 1 N–H and O–H groups in total. The molecular weight excluding hydrogens is 219 g/mol. The third-order valence-corrected chi connectivity index (χ3v) is 4.09. The number of ether oxygens (including phenoxy) is 1. The van der Waals surface area contributed by atoms with Gasteiger partial charge in [-0.2, -0.15) is 0 Å². The zero-order chi connectivity index (χ0) is 12.7. The van der Waals surface area contributed by atoms with Crippen molar-refractivity contribution in [3.05, 3.63) is 29.6 Å². The van der Waals surface area contributed by atoms with E-state index in [2.05, 4.69) is 0 Å². The van der Waals surface area contributed by atoms with Crippen molar-refractivity contribution in [3.63, 3.8) is 0 Å². The number of hydrogen-bond acceptors (Lipinski definition) is 2. The summed E-state index contributed by atoms with van der Waals surface area (Å²) in [5.41, 5.74) is -1.04. The zero-order valence-corrected chi connectivity index (χ0v) is 10.6. The van der Waals surface area contributed by atoms with Crippen molar-refractivity contribution < 1.29 is 14.2 Å². The van der Waals surface area contributed by atoms with E-state index < -0.39 is 11.4 Å². The average Bonchev–Trinajstić information content (AvgIpc) is 2.54. The van der Waals surface area contributed by atoms with E-state index in [1.807, 2.05) is 13.8 Å². The fraction of sp³-hybridized carbons (Fsp3) is 0.571. The Bertz CT molecular complexity index is 428. The van der Waals surface area contributed by atoms with Crippen molar-refractivity contribution in [2.75, 3.05) is 7.11 Å². The van der Waals surface area contributed by atoms with Crippen molar-refractivity contribution in [2.24, 2.45) is 5.41 Å². The highest BCUT2D eigenvalue weighted by atomic mass is 19.1. The van der Waals surface area contributed by atoms with Crippen LogP contribution < -0.4 is 4.74 Å². The molecule has 1 aromatic carbocycles. The van der Waals surface area contributed by atoms with Gasteiger partial charge in [-0.25, -0.2) is 4.39 Å². The van der Waals surface area contributed by atoms with Gasteiger partial charge in [0.15, 0.2) is 11.6 Å². The van der Waals surface area contributed by atoms with Gasteiger partial charge in [-0.05, 0) is 30.7 Å². The Morgan fingerprint density at radius 3 is 2.53 bits per heavy atom. The second-order valence-corrected chi connectivity index (χ2v) is 5.42. The van der Waals surface area contributed by atoms with Crippen molar-refractivity contribution in [2.45, 2.75) is 38.7 Å². The van der Waals surface area contributed by atoms with E-state index in [4.69, 9.17) is 4.74 Å². The van der Waals surface area contributed by atoms with E-state index in [0.29, 0.717) is 12.0 Å². The summed E-state index contributed by atoms with van der Waals surface area (Å²) in [6, 6.07) is 4.96. The third-order valence-electron chi connectivity index (χ3n) is 4.09. The molecule has 1 fully saturated rings. The lowest BCUT2D eigenvalue weighted by Gasteiger charge is -2.37. The Balaban J connectivity index is 2.54. The summed E-state index contributed by atoms with van der Waals surface area (Å²) in [4.78, 5) is 0.